The zero-order valence-corrected chi connectivity index (χ0v) is 6.87. The third kappa shape index (κ3) is 1.49. The molecule has 1 unspecified atom stereocenters. The van der Waals surface area contributed by atoms with Crippen molar-refractivity contribution in [1.29, 1.82) is 0 Å². The van der Waals surface area contributed by atoms with Gasteiger partial charge in [-0.1, -0.05) is 12.2 Å². The minimum absolute atomic E-state index is 0.597. The largest absolute Gasteiger partial charge is 0.299 e. The summed E-state index contributed by atoms with van der Waals surface area (Å²) < 4.78 is 0. The van der Waals surface area contributed by atoms with Crippen LogP contribution in [0.4, 0.5) is 0 Å². The van der Waals surface area contributed by atoms with Gasteiger partial charge in [0.1, 0.15) is 0 Å². The van der Waals surface area contributed by atoms with Gasteiger partial charge in [0.25, 0.3) is 0 Å². The highest BCUT2D eigenvalue weighted by atomic mass is 32.1. The predicted molar refractivity (Wildman–Crippen MR) is 43.9 cm³/mol. The third-order valence-corrected chi connectivity index (χ3v) is 2.26. The lowest BCUT2D eigenvalue weighted by molar-refractivity contribution is 0.375. The maximum absolute atomic E-state index is 5.09. The van der Waals surface area contributed by atoms with Gasteiger partial charge >= 0.3 is 0 Å². The minimum Gasteiger partial charge on any atom is -0.299 e. The van der Waals surface area contributed by atoms with E-state index in [1.54, 1.807) is 0 Å². The zero-order valence-electron chi connectivity index (χ0n) is 6.05. The molecule has 0 spiro atoms. The maximum Gasteiger partial charge on any atom is 0.0405 e. The monoisotopic (exact) mass is 143 g/mol. The number of thiocarbonyl (C=S) groups is 1. The van der Waals surface area contributed by atoms with E-state index in [0.29, 0.717) is 6.04 Å². The fraction of sp³-hybridized carbons (Fsp3) is 0.857. The Kier molecular flexibility index (Phi) is 2.19. The molecule has 0 bridgehead atoms. The summed E-state index contributed by atoms with van der Waals surface area (Å²) in [6, 6.07) is 0.597. The van der Waals surface area contributed by atoms with Gasteiger partial charge in [-0.15, -0.1) is 0 Å². The standard InChI is InChI=1S/C7H13NS/c1-6(9)7-4-3-5-8(7)2/h7H,3-5H2,1-2H3. The van der Waals surface area contributed by atoms with E-state index in [2.05, 4.69) is 11.9 Å². The average Bonchev–Trinajstić information content (AvgIpc) is 2.13. The highest BCUT2D eigenvalue weighted by molar-refractivity contribution is 7.80. The van der Waals surface area contributed by atoms with Gasteiger partial charge in [-0.25, -0.2) is 0 Å². The van der Waals surface area contributed by atoms with E-state index in [1.807, 2.05) is 6.92 Å². The Hall–Kier alpha value is 0.0500. The fourth-order valence-corrected chi connectivity index (χ4v) is 1.72. The second-order valence-corrected chi connectivity index (χ2v) is 3.39. The first-order valence-corrected chi connectivity index (χ1v) is 3.83. The first kappa shape index (κ1) is 7.16. The zero-order chi connectivity index (χ0) is 6.85. The van der Waals surface area contributed by atoms with E-state index in [1.165, 1.54) is 19.4 Å². The van der Waals surface area contributed by atoms with Crippen LogP contribution in [0.3, 0.4) is 0 Å². The van der Waals surface area contributed by atoms with Gasteiger partial charge in [0.2, 0.25) is 0 Å². The van der Waals surface area contributed by atoms with Gasteiger partial charge in [0.05, 0.1) is 0 Å². The predicted octanol–water partition coefficient (Wildman–Crippen LogP) is 1.47. The molecule has 2 heteroatoms. The Morgan fingerprint density at radius 3 is 2.56 bits per heavy atom. The molecule has 1 saturated heterocycles. The number of likely N-dealkylation sites (tertiary alicyclic amines) is 1. The van der Waals surface area contributed by atoms with Crippen molar-refractivity contribution in [3.8, 4) is 0 Å². The summed E-state index contributed by atoms with van der Waals surface area (Å²) in [5.41, 5.74) is 0. The Morgan fingerprint density at radius 2 is 2.33 bits per heavy atom. The normalized spacial score (nSPS) is 28.9. The molecule has 9 heavy (non-hydrogen) atoms. The van der Waals surface area contributed by atoms with Crippen molar-refractivity contribution >= 4 is 17.1 Å². The van der Waals surface area contributed by atoms with Crippen LogP contribution in [-0.2, 0) is 0 Å². The van der Waals surface area contributed by atoms with Gasteiger partial charge in [0, 0.05) is 10.9 Å². The number of nitrogens with zero attached hydrogens (tertiary/aromatic N) is 1. The molecule has 1 fully saturated rings. The Morgan fingerprint density at radius 1 is 1.67 bits per heavy atom. The SMILES string of the molecule is CC(=S)C1CCCN1C. The molecule has 0 amide bonds. The van der Waals surface area contributed by atoms with Crippen LogP contribution >= 0.6 is 12.2 Å². The molecule has 0 N–H and O–H groups in total. The Bertz CT molecular complexity index is 122. The van der Waals surface area contributed by atoms with Crippen molar-refractivity contribution in [1.82, 2.24) is 4.90 Å². The Balaban J connectivity index is 2.49. The van der Waals surface area contributed by atoms with Crippen LogP contribution in [0.25, 0.3) is 0 Å². The highest BCUT2D eigenvalue weighted by Crippen LogP contribution is 2.15. The molecule has 1 nitrogen and oxygen atoms in total. The fourth-order valence-electron chi connectivity index (χ4n) is 1.42. The smallest absolute Gasteiger partial charge is 0.0405 e. The van der Waals surface area contributed by atoms with Crippen molar-refractivity contribution in [2.45, 2.75) is 25.8 Å². The summed E-state index contributed by atoms with van der Waals surface area (Å²) in [7, 11) is 2.15. The van der Waals surface area contributed by atoms with Crippen LogP contribution in [0.2, 0.25) is 0 Å². The quantitative estimate of drug-likeness (QED) is 0.511. The Labute approximate surface area is 62.0 Å². The van der Waals surface area contributed by atoms with Crippen molar-refractivity contribution < 1.29 is 0 Å². The molecular formula is C7H13NS. The molecule has 52 valence electrons. The first-order valence-electron chi connectivity index (χ1n) is 3.42. The highest BCUT2D eigenvalue weighted by Gasteiger charge is 2.21. The van der Waals surface area contributed by atoms with Gasteiger partial charge in [0.15, 0.2) is 0 Å². The second kappa shape index (κ2) is 2.76. The maximum atomic E-state index is 5.09. The topological polar surface area (TPSA) is 3.24 Å². The summed E-state index contributed by atoms with van der Waals surface area (Å²) in [6.45, 7) is 3.26. The first-order chi connectivity index (χ1) is 4.22. The molecule has 0 saturated carbocycles. The van der Waals surface area contributed by atoms with Crippen LogP contribution in [0, 0.1) is 0 Å². The molecule has 1 atom stereocenters. The van der Waals surface area contributed by atoms with Crippen LogP contribution in [0.15, 0.2) is 0 Å². The van der Waals surface area contributed by atoms with Crippen molar-refractivity contribution in [2.75, 3.05) is 13.6 Å². The molecule has 0 aromatic carbocycles. The molecule has 0 radical (unpaired) electrons. The van der Waals surface area contributed by atoms with Crippen molar-refractivity contribution in [3.05, 3.63) is 0 Å². The van der Waals surface area contributed by atoms with E-state index in [4.69, 9.17) is 12.2 Å². The van der Waals surface area contributed by atoms with E-state index < -0.39 is 0 Å². The van der Waals surface area contributed by atoms with Crippen LogP contribution in [0.1, 0.15) is 19.8 Å². The van der Waals surface area contributed by atoms with Crippen LogP contribution < -0.4 is 0 Å². The van der Waals surface area contributed by atoms with Gasteiger partial charge in [-0.2, -0.15) is 0 Å². The summed E-state index contributed by atoms with van der Waals surface area (Å²) in [5, 5.41) is 0. The minimum atomic E-state index is 0.597. The van der Waals surface area contributed by atoms with Crippen molar-refractivity contribution in [3.63, 3.8) is 0 Å². The van der Waals surface area contributed by atoms with Gasteiger partial charge < -0.3 is 0 Å². The lowest BCUT2D eigenvalue weighted by atomic mass is 10.2. The summed E-state index contributed by atoms with van der Waals surface area (Å²) in [6.07, 6.45) is 2.58. The van der Waals surface area contributed by atoms with Crippen molar-refractivity contribution in [2.24, 2.45) is 0 Å². The van der Waals surface area contributed by atoms with Gasteiger partial charge in [-0.3, -0.25) is 4.90 Å². The summed E-state index contributed by atoms with van der Waals surface area (Å²) >= 11 is 5.09. The lowest BCUT2D eigenvalue weighted by Gasteiger charge is -2.17. The van der Waals surface area contributed by atoms with Crippen LogP contribution in [-0.4, -0.2) is 29.4 Å². The molecule has 0 aromatic heterocycles. The van der Waals surface area contributed by atoms with Gasteiger partial charge in [-0.05, 0) is 33.4 Å². The second-order valence-electron chi connectivity index (χ2n) is 2.75. The molecule has 1 heterocycles. The molecule has 1 aliphatic rings. The third-order valence-electron chi connectivity index (χ3n) is 1.99. The molecular weight excluding hydrogens is 130 g/mol. The molecule has 0 aromatic rings. The summed E-state index contributed by atoms with van der Waals surface area (Å²) in [4.78, 5) is 3.48. The molecule has 1 aliphatic heterocycles. The summed E-state index contributed by atoms with van der Waals surface area (Å²) in [5.74, 6) is 0. The van der Waals surface area contributed by atoms with Crippen LogP contribution in [0.5, 0.6) is 0 Å². The molecule has 1 rings (SSSR count). The van der Waals surface area contributed by atoms with E-state index >= 15 is 0 Å². The number of hydrogen-bond donors (Lipinski definition) is 0. The lowest BCUT2D eigenvalue weighted by Crippen LogP contribution is -2.29. The van der Waals surface area contributed by atoms with E-state index in [-0.39, 0.29) is 0 Å². The van der Waals surface area contributed by atoms with E-state index in [0.717, 1.165) is 4.86 Å². The average molecular weight is 143 g/mol. The van der Waals surface area contributed by atoms with E-state index in [9.17, 15) is 0 Å². The molecule has 0 aliphatic carbocycles. The number of hydrogen-bond acceptors (Lipinski definition) is 2. The number of rotatable bonds is 1.